The quantitative estimate of drug-likeness (QED) is 0.728. The lowest BCUT2D eigenvalue weighted by Crippen LogP contribution is -2.00. The Morgan fingerprint density at radius 1 is 1.75 bits per heavy atom. The molecule has 2 aromatic rings. The molecule has 1 N–H and O–H groups in total. The molecule has 0 aliphatic carbocycles. The fourth-order valence-electron chi connectivity index (χ4n) is 0.894. The van der Waals surface area contributed by atoms with Gasteiger partial charge in [0.2, 0.25) is 11.6 Å². The molecule has 0 amide bonds. The van der Waals surface area contributed by atoms with E-state index in [1.807, 2.05) is 0 Å². The number of carboxylic acid groups (broad SMARTS) is 1. The molecular formula is C6H3FN2O2S. The summed E-state index contributed by atoms with van der Waals surface area (Å²) in [7, 11) is 0. The summed E-state index contributed by atoms with van der Waals surface area (Å²) in [5.74, 6) is -2.16. The van der Waals surface area contributed by atoms with Crippen molar-refractivity contribution in [2.45, 2.75) is 0 Å². The molecular weight excluding hydrogens is 183 g/mol. The van der Waals surface area contributed by atoms with Gasteiger partial charge in [0.25, 0.3) is 0 Å². The summed E-state index contributed by atoms with van der Waals surface area (Å²) >= 11 is 1.19. The van der Waals surface area contributed by atoms with Gasteiger partial charge in [0.15, 0.2) is 4.96 Å². The first kappa shape index (κ1) is 7.23. The van der Waals surface area contributed by atoms with Crippen LogP contribution in [0.5, 0.6) is 0 Å². The first-order valence-electron chi connectivity index (χ1n) is 3.04. The van der Waals surface area contributed by atoms with Gasteiger partial charge >= 0.3 is 5.97 Å². The molecule has 6 heteroatoms. The van der Waals surface area contributed by atoms with Crippen molar-refractivity contribution in [3.05, 3.63) is 23.2 Å². The highest BCUT2D eigenvalue weighted by atomic mass is 32.1. The summed E-state index contributed by atoms with van der Waals surface area (Å²) in [6.45, 7) is 0. The molecule has 12 heavy (non-hydrogen) atoms. The Morgan fingerprint density at radius 2 is 2.50 bits per heavy atom. The van der Waals surface area contributed by atoms with Gasteiger partial charge in [-0.05, 0) is 0 Å². The van der Waals surface area contributed by atoms with Crippen LogP contribution in [0.15, 0.2) is 11.6 Å². The van der Waals surface area contributed by atoms with E-state index in [1.165, 1.54) is 17.5 Å². The maximum absolute atomic E-state index is 13.0. The number of carboxylic acids is 1. The molecule has 62 valence electrons. The Balaban J connectivity index is 2.78. The van der Waals surface area contributed by atoms with Crippen molar-refractivity contribution in [1.29, 1.82) is 0 Å². The molecule has 4 nitrogen and oxygen atoms in total. The fraction of sp³-hybridized carbons (Fsp3) is 0. The minimum atomic E-state index is -1.34. The molecule has 0 aliphatic heterocycles. The molecule has 0 atom stereocenters. The number of fused-ring (bicyclic) bond motifs is 1. The molecule has 0 bridgehead atoms. The van der Waals surface area contributed by atoms with Gasteiger partial charge in [-0.2, -0.15) is 4.39 Å². The van der Waals surface area contributed by atoms with Gasteiger partial charge in [-0.1, -0.05) is 0 Å². The smallest absolute Gasteiger partial charge is 0.359 e. The van der Waals surface area contributed by atoms with Gasteiger partial charge in [0.1, 0.15) is 0 Å². The number of carbonyl (C=O) groups is 1. The van der Waals surface area contributed by atoms with Gasteiger partial charge in [-0.25, -0.2) is 9.78 Å². The van der Waals surface area contributed by atoms with Crippen LogP contribution < -0.4 is 0 Å². The molecule has 0 aliphatic rings. The lowest BCUT2D eigenvalue weighted by Gasteiger charge is -1.84. The van der Waals surface area contributed by atoms with Crippen LogP contribution in [-0.4, -0.2) is 20.5 Å². The van der Waals surface area contributed by atoms with Crippen LogP contribution in [0, 0.1) is 5.95 Å². The fourth-order valence-corrected chi connectivity index (χ4v) is 1.60. The van der Waals surface area contributed by atoms with Crippen molar-refractivity contribution in [2.24, 2.45) is 0 Å². The normalized spacial score (nSPS) is 10.8. The van der Waals surface area contributed by atoms with Crippen molar-refractivity contribution in [2.75, 3.05) is 0 Å². The molecule has 0 radical (unpaired) electrons. The van der Waals surface area contributed by atoms with E-state index in [1.54, 1.807) is 5.38 Å². The van der Waals surface area contributed by atoms with Gasteiger partial charge in [-0.3, -0.25) is 4.40 Å². The molecule has 0 aromatic carbocycles. The average molecular weight is 186 g/mol. The maximum Gasteiger partial charge on any atom is 0.359 e. The van der Waals surface area contributed by atoms with Crippen molar-refractivity contribution < 1.29 is 14.3 Å². The third-order valence-electron chi connectivity index (χ3n) is 1.41. The van der Waals surface area contributed by atoms with E-state index in [0.29, 0.717) is 4.96 Å². The summed E-state index contributed by atoms with van der Waals surface area (Å²) in [6, 6.07) is 0. The minimum Gasteiger partial charge on any atom is -0.476 e. The van der Waals surface area contributed by atoms with Crippen LogP contribution in [-0.2, 0) is 0 Å². The standard InChI is InChI=1S/C6H3FN2O2S/c7-4-3(5(10)11)8-6-9(4)1-2-12-6/h1-2H,(H,10,11). The average Bonchev–Trinajstić information content (AvgIpc) is 2.53. The molecule has 2 rings (SSSR count). The number of rotatable bonds is 1. The Hall–Kier alpha value is -1.43. The highest BCUT2D eigenvalue weighted by Crippen LogP contribution is 2.15. The zero-order valence-electron chi connectivity index (χ0n) is 5.69. The summed E-state index contributed by atoms with van der Waals surface area (Å²) in [5.41, 5.74) is -0.526. The number of aromatic carboxylic acids is 1. The Morgan fingerprint density at radius 3 is 3.08 bits per heavy atom. The molecule has 2 aromatic heterocycles. The topological polar surface area (TPSA) is 54.6 Å². The highest BCUT2D eigenvalue weighted by molar-refractivity contribution is 7.15. The monoisotopic (exact) mass is 186 g/mol. The summed E-state index contributed by atoms with van der Waals surface area (Å²) in [6.07, 6.45) is 1.44. The number of halogens is 1. The van der Waals surface area contributed by atoms with Crippen LogP contribution in [0.3, 0.4) is 0 Å². The van der Waals surface area contributed by atoms with Crippen molar-refractivity contribution in [3.63, 3.8) is 0 Å². The minimum absolute atomic E-state index is 0.352. The summed E-state index contributed by atoms with van der Waals surface area (Å²) in [4.78, 5) is 14.3. The van der Waals surface area contributed by atoms with E-state index in [-0.39, 0.29) is 0 Å². The first-order valence-corrected chi connectivity index (χ1v) is 3.92. The van der Waals surface area contributed by atoms with Crippen LogP contribution in [0.2, 0.25) is 0 Å². The van der Waals surface area contributed by atoms with Crippen LogP contribution >= 0.6 is 11.3 Å². The van der Waals surface area contributed by atoms with Gasteiger partial charge in [0, 0.05) is 11.6 Å². The van der Waals surface area contributed by atoms with E-state index in [0.717, 1.165) is 4.40 Å². The predicted octanol–water partition coefficient (Wildman–Crippen LogP) is 1.23. The molecule has 0 fully saturated rings. The highest BCUT2D eigenvalue weighted by Gasteiger charge is 2.18. The number of aromatic nitrogens is 2. The molecule has 0 spiro atoms. The number of hydrogen-bond acceptors (Lipinski definition) is 3. The molecule has 0 saturated carbocycles. The molecule has 0 unspecified atom stereocenters. The van der Waals surface area contributed by atoms with Crippen LogP contribution in [0.1, 0.15) is 10.5 Å². The van der Waals surface area contributed by atoms with Crippen molar-refractivity contribution in [1.82, 2.24) is 9.38 Å². The van der Waals surface area contributed by atoms with Crippen LogP contribution in [0.25, 0.3) is 4.96 Å². The van der Waals surface area contributed by atoms with E-state index < -0.39 is 17.6 Å². The number of thiazole rings is 1. The van der Waals surface area contributed by atoms with Crippen LogP contribution in [0.4, 0.5) is 4.39 Å². The van der Waals surface area contributed by atoms with Gasteiger partial charge < -0.3 is 5.11 Å². The third kappa shape index (κ3) is 0.814. The largest absolute Gasteiger partial charge is 0.476 e. The van der Waals surface area contributed by atoms with Crippen molar-refractivity contribution in [3.8, 4) is 0 Å². The lowest BCUT2D eigenvalue weighted by atomic mass is 10.5. The van der Waals surface area contributed by atoms with E-state index in [9.17, 15) is 9.18 Å². The zero-order valence-corrected chi connectivity index (χ0v) is 6.51. The van der Waals surface area contributed by atoms with Crippen molar-refractivity contribution >= 4 is 22.3 Å². The van der Waals surface area contributed by atoms with E-state index >= 15 is 0 Å². The number of hydrogen-bond donors (Lipinski definition) is 1. The predicted molar refractivity (Wildman–Crippen MR) is 40.0 cm³/mol. The summed E-state index contributed by atoms with van der Waals surface area (Å²) < 4.78 is 14.1. The first-order chi connectivity index (χ1) is 5.70. The lowest BCUT2D eigenvalue weighted by molar-refractivity contribution is 0.0685. The Bertz CT molecular complexity index is 447. The third-order valence-corrected chi connectivity index (χ3v) is 2.16. The van der Waals surface area contributed by atoms with E-state index in [2.05, 4.69) is 4.98 Å². The second-order valence-corrected chi connectivity index (χ2v) is 2.98. The Kier molecular flexibility index (Phi) is 1.37. The maximum atomic E-state index is 13.0. The summed E-state index contributed by atoms with van der Waals surface area (Å²) in [5, 5.41) is 10.1. The Labute approximate surface area is 69.9 Å². The van der Waals surface area contributed by atoms with E-state index in [4.69, 9.17) is 5.11 Å². The molecule has 2 heterocycles. The zero-order chi connectivity index (χ0) is 8.72. The number of nitrogens with zero attached hydrogens (tertiary/aromatic N) is 2. The number of imidazole rings is 1. The van der Waals surface area contributed by atoms with Gasteiger partial charge in [0.05, 0.1) is 0 Å². The second kappa shape index (κ2) is 2.28. The van der Waals surface area contributed by atoms with Gasteiger partial charge in [-0.15, -0.1) is 11.3 Å². The molecule has 0 saturated heterocycles. The second-order valence-electron chi connectivity index (χ2n) is 2.11. The SMILES string of the molecule is O=C(O)c1nc2sccn2c1F.